The van der Waals surface area contributed by atoms with Crippen LogP contribution in [0.15, 0.2) is 29.3 Å². The van der Waals surface area contributed by atoms with Crippen molar-refractivity contribution >= 4 is 50.0 Å². The first-order valence-corrected chi connectivity index (χ1v) is 10.9. The number of thioether (sulfide) groups is 1. The van der Waals surface area contributed by atoms with Gasteiger partial charge < -0.3 is 4.90 Å². The predicted molar refractivity (Wildman–Crippen MR) is 99.6 cm³/mol. The van der Waals surface area contributed by atoms with Gasteiger partial charge in [-0.2, -0.15) is 4.99 Å². The summed E-state index contributed by atoms with van der Waals surface area (Å²) in [5, 5.41) is 0.958. The Morgan fingerprint density at radius 1 is 1.42 bits per heavy atom. The second kappa shape index (κ2) is 6.69. The third-order valence-electron chi connectivity index (χ3n) is 4.42. The van der Waals surface area contributed by atoms with Crippen LogP contribution in [0.2, 0.25) is 5.02 Å². The number of anilines is 1. The van der Waals surface area contributed by atoms with Crippen molar-refractivity contribution < 1.29 is 13.2 Å². The molecule has 1 aromatic carbocycles. The molecular formula is C16H19ClN2O3S2. The minimum atomic E-state index is -3.08. The van der Waals surface area contributed by atoms with Gasteiger partial charge in [0.2, 0.25) is 0 Å². The second-order valence-corrected chi connectivity index (χ2v) is 9.93. The van der Waals surface area contributed by atoms with Gasteiger partial charge in [0.25, 0.3) is 5.91 Å². The summed E-state index contributed by atoms with van der Waals surface area (Å²) in [6.45, 7) is 3.79. The van der Waals surface area contributed by atoms with Crippen LogP contribution in [0.4, 0.5) is 5.69 Å². The highest BCUT2D eigenvalue weighted by Gasteiger charge is 2.49. The molecule has 130 valence electrons. The van der Waals surface area contributed by atoms with Gasteiger partial charge in [-0.15, -0.1) is 0 Å². The number of amidine groups is 1. The molecule has 1 aromatic rings. The molecule has 3 rings (SSSR count). The first kappa shape index (κ1) is 17.8. The number of benzene rings is 1. The quantitative estimate of drug-likeness (QED) is 0.798. The summed E-state index contributed by atoms with van der Waals surface area (Å²) in [6, 6.07) is 7.02. The van der Waals surface area contributed by atoms with E-state index < -0.39 is 9.84 Å². The number of amides is 1. The van der Waals surface area contributed by atoms with Gasteiger partial charge in [-0.05, 0) is 18.6 Å². The molecule has 0 saturated carbocycles. The molecule has 0 aliphatic carbocycles. The zero-order valence-corrected chi connectivity index (χ0v) is 15.9. The number of aliphatic imine (C=N–C) groups is 1. The Kier molecular flexibility index (Phi) is 4.95. The molecule has 2 saturated heterocycles. The van der Waals surface area contributed by atoms with Crippen molar-refractivity contribution in [2.75, 3.05) is 16.4 Å². The number of para-hydroxylation sites is 1. The number of fused-ring (bicyclic) bond motifs is 1. The van der Waals surface area contributed by atoms with Crippen molar-refractivity contribution in [1.82, 2.24) is 0 Å². The van der Waals surface area contributed by atoms with E-state index >= 15 is 0 Å². The Hall–Kier alpha value is -1.05. The highest BCUT2D eigenvalue weighted by Crippen LogP contribution is 2.43. The molecule has 0 radical (unpaired) electrons. The summed E-state index contributed by atoms with van der Waals surface area (Å²) >= 11 is 7.69. The van der Waals surface area contributed by atoms with Crippen molar-refractivity contribution in [3.05, 3.63) is 29.3 Å². The Labute approximate surface area is 151 Å². The first-order chi connectivity index (χ1) is 11.3. The lowest BCUT2D eigenvalue weighted by Crippen LogP contribution is -2.38. The van der Waals surface area contributed by atoms with Crippen LogP contribution in [0, 0.1) is 5.92 Å². The summed E-state index contributed by atoms with van der Waals surface area (Å²) in [4.78, 5) is 18.4. The number of carbonyl (C=O) groups excluding carboxylic acids is 1. The monoisotopic (exact) mass is 386 g/mol. The van der Waals surface area contributed by atoms with E-state index in [4.69, 9.17) is 11.6 Å². The van der Waals surface area contributed by atoms with Crippen LogP contribution in [-0.4, -0.2) is 42.3 Å². The van der Waals surface area contributed by atoms with E-state index in [9.17, 15) is 13.2 Å². The average Bonchev–Trinajstić information content (AvgIpc) is 2.98. The molecule has 8 heteroatoms. The van der Waals surface area contributed by atoms with Gasteiger partial charge in [-0.1, -0.05) is 49.3 Å². The van der Waals surface area contributed by atoms with Crippen molar-refractivity contribution in [3.63, 3.8) is 0 Å². The lowest BCUT2D eigenvalue weighted by molar-refractivity contribution is -0.121. The molecule has 2 aliphatic rings. The zero-order valence-electron chi connectivity index (χ0n) is 13.5. The van der Waals surface area contributed by atoms with E-state index in [0.29, 0.717) is 22.3 Å². The first-order valence-electron chi connectivity index (χ1n) is 7.85. The van der Waals surface area contributed by atoms with Gasteiger partial charge in [0.05, 0.1) is 28.3 Å². The van der Waals surface area contributed by atoms with Crippen LogP contribution in [0.1, 0.15) is 20.3 Å². The SMILES string of the molecule is CC[C@@H](C)C(=O)N=C1S[C@H]2CS(=O)(=O)C[C@@H]2N1c1ccccc1Cl. The maximum Gasteiger partial charge on any atom is 0.250 e. The molecule has 2 fully saturated rings. The predicted octanol–water partition coefficient (Wildman–Crippen LogP) is 2.99. The molecule has 1 amide bonds. The van der Waals surface area contributed by atoms with Gasteiger partial charge in [0, 0.05) is 11.2 Å². The Morgan fingerprint density at radius 2 is 2.12 bits per heavy atom. The van der Waals surface area contributed by atoms with E-state index in [1.165, 1.54) is 11.8 Å². The molecule has 2 aliphatic heterocycles. The number of sulfone groups is 1. The molecule has 2 heterocycles. The van der Waals surface area contributed by atoms with Crippen LogP contribution in [0.3, 0.4) is 0 Å². The van der Waals surface area contributed by atoms with Gasteiger partial charge in [-0.3, -0.25) is 4.79 Å². The molecule has 0 aromatic heterocycles. The zero-order chi connectivity index (χ0) is 17.5. The maximum atomic E-state index is 12.3. The van der Waals surface area contributed by atoms with E-state index in [0.717, 1.165) is 0 Å². The van der Waals surface area contributed by atoms with Crippen LogP contribution < -0.4 is 4.90 Å². The van der Waals surface area contributed by atoms with Crippen molar-refractivity contribution in [2.24, 2.45) is 10.9 Å². The fraction of sp³-hybridized carbons (Fsp3) is 0.500. The summed E-state index contributed by atoms with van der Waals surface area (Å²) in [6.07, 6.45) is 0.716. The minimum Gasteiger partial charge on any atom is -0.314 e. The number of hydrogen-bond donors (Lipinski definition) is 0. The molecule has 0 bridgehead atoms. The fourth-order valence-electron chi connectivity index (χ4n) is 2.87. The van der Waals surface area contributed by atoms with Crippen LogP contribution in [0.5, 0.6) is 0 Å². The highest BCUT2D eigenvalue weighted by molar-refractivity contribution is 8.16. The number of rotatable bonds is 3. The molecule has 3 atom stereocenters. The third-order valence-corrected chi connectivity index (χ3v) is 7.95. The molecular weight excluding hydrogens is 368 g/mol. The van der Waals surface area contributed by atoms with Crippen LogP contribution >= 0.6 is 23.4 Å². The van der Waals surface area contributed by atoms with E-state index in [-0.39, 0.29) is 34.6 Å². The topological polar surface area (TPSA) is 66.8 Å². The number of hydrogen-bond acceptors (Lipinski definition) is 4. The Morgan fingerprint density at radius 3 is 2.79 bits per heavy atom. The van der Waals surface area contributed by atoms with Gasteiger partial charge in [-0.25, -0.2) is 8.42 Å². The van der Waals surface area contributed by atoms with Crippen molar-refractivity contribution in [1.29, 1.82) is 0 Å². The Bertz CT molecular complexity index is 794. The highest BCUT2D eigenvalue weighted by atomic mass is 35.5. The molecule has 0 spiro atoms. The maximum absolute atomic E-state index is 12.3. The van der Waals surface area contributed by atoms with Crippen LogP contribution in [-0.2, 0) is 14.6 Å². The average molecular weight is 387 g/mol. The summed E-state index contributed by atoms with van der Waals surface area (Å²) in [5.74, 6) is -0.165. The molecule has 24 heavy (non-hydrogen) atoms. The lowest BCUT2D eigenvalue weighted by atomic mass is 10.1. The van der Waals surface area contributed by atoms with E-state index in [2.05, 4.69) is 4.99 Å². The van der Waals surface area contributed by atoms with Crippen LogP contribution in [0.25, 0.3) is 0 Å². The standard InChI is InChI=1S/C16H19ClN2O3S2/c1-3-10(2)15(20)18-16-19(12-7-5-4-6-11(12)17)13-8-24(21,22)9-14(13)23-16/h4-7,10,13-14H,3,8-9H2,1-2H3/t10-,13+,14+/m1/s1. The smallest absolute Gasteiger partial charge is 0.250 e. The minimum absolute atomic E-state index is 0.0619. The molecule has 0 N–H and O–H groups in total. The number of halogens is 1. The fourth-order valence-corrected chi connectivity index (χ4v) is 7.01. The largest absolute Gasteiger partial charge is 0.314 e. The van der Waals surface area contributed by atoms with Gasteiger partial charge >= 0.3 is 0 Å². The summed E-state index contributed by atoms with van der Waals surface area (Å²) < 4.78 is 24.0. The Balaban J connectivity index is 2.02. The summed E-state index contributed by atoms with van der Waals surface area (Å²) in [5.41, 5.74) is 0.701. The lowest BCUT2D eigenvalue weighted by Gasteiger charge is -2.25. The molecule has 5 nitrogen and oxygen atoms in total. The van der Waals surface area contributed by atoms with Gasteiger partial charge in [0.15, 0.2) is 15.0 Å². The number of carbonyl (C=O) groups is 1. The second-order valence-electron chi connectivity index (χ2n) is 6.16. The van der Waals surface area contributed by atoms with Crippen molar-refractivity contribution in [3.8, 4) is 0 Å². The normalized spacial score (nSPS) is 28.1. The number of nitrogens with zero attached hydrogens (tertiary/aromatic N) is 2. The van der Waals surface area contributed by atoms with Crippen molar-refractivity contribution in [2.45, 2.75) is 31.6 Å². The summed E-state index contributed by atoms with van der Waals surface area (Å²) in [7, 11) is -3.08. The third kappa shape index (κ3) is 3.34. The van der Waals surface area contributed by atoms with E-state index in [1.54, 1.807) is 6.07 Å². The van der Waals surface area contributed by atoms with E-state index in [1.807, 2.05) is 36.9 Å². The van der Waals surface area contributed by atoms with Gasteiger partial charge in [0.1, 0.15) is 0 Å². The molecule has 0 unspecified atom stereocenters.